The van der Waals surface area contributed by atoms with Crippen LogP contribution in [0.2, 0.25) is 0 Å². The Balaban J connectivity index is 4.50. The lowest BCUT2D eigenvalue weighted by molar-refractivity contribution is -0.158. The third-order valence-corrected chi connectivity index (χ3v) is 4.51. The largest absolute Gasteiger partial charge is 0.459 e. The Hall–Kier alpha value is -2.63. The number of esters is 4. The molecule has 0 aliphatic rings. The smallest absolute Gasteiger partial charge is 0.333 e. The minimum atomic E-state index is -0.838. The molecule has 0 aliphatic carbocycles. The normalized spacial score (nSPS) is 13.0. The standard InChI is InChI=1S/C25H38O10S/c1-8-22(26)34-19(12-32-23(27)16(2)3)9-10-30-14-21(36)15-31-11-20(35-25(29)18(6)7)13-33-24(28)17(4)5/h19-21,36H,2,4,6,8-15H2,1,3,5,7H3. The Bertz CT molecular complexity index is 792. The van der Waals surface area contributed by atoms with Crippen molar-refractivity contribution in [1.29, 1.82) is 0 Å². The average molecular weight is 531 g/mol. The van der Waals surface area contributed by atoms with Crippen molar-refractivity contribution in [3.05, 3.63) is 36.5 Å². The van der Waals surface area contributed by atoms with Crippen molar-refractivity contribution < 1.29 is 47.6 Å². The van der Waals surface area contributed by atoms with Gasteiger partial charge in [0.05, 0.1) is 26.4 Å². The highest BCUT2D eigenvalue weighted by Gasteiger charge is 2.20. The Morgan fingerprint density at radius 1 is 0.694 bits per heavy atom. The second-order valence-corrected chi connectivity index (χ2v) is 8.82. The molecule has 0 aromatic carbocycles. The molecule has 11 heteroatoms. The third kappa shape index (κ3) is 16.1. The van der Waals surface area contributed by atoms with Gasteiger partial charge in [0.2, 0.25) is 0 Å². The van der Waals surface area contributed by atoms with Crippen LogP contribution in [0.25, 0.3) is 0 Å². The molecule has 0 fully saturated rings. The molecular formula is C25H38O10S. The van der Waals surface area contributed by atoms with Gasteiger partial charge in [-0.3, -0.25) is 4.79 Å². The molecule has 0 saturated carbocycles. The zero-order chi connectivity index (χ0) is 27.7. The van der Waals surface area contributed by atoms with Crippen molar-refractivity contribution >= 4 is 36.5 Å². The minimum absolute atomic E-state index is 0.0390. The van der Waals surface area contributed by atoms with Gasteiger partial charge in [-0.2, -0.15) is 12.6 Å². The van der Waals surface area contributed by atoms with Gasteiger partial charge in [0, 0.05) is 34.8 Å². The molecule has 10 nitrogen and oxygen atoms in total. The molecule has 0 saturated heterocycles. The Morgan fingerprint density at radius 2 is 1.19 bits per heavy atom. The van der Waals surface area contributed by atoms with Crippen molar-refractivity contribution in [3.8, 4) is 0 Å². The molecule has 0 heterocycles. The molecule has 0 aromatic rings. The van der Waals surface area contributed by atoms with Gasteiger partial charge in [-0.25, -0.2) is 14.4 Å². The van der Waals surface area contributed by atoms with Gasteiger partial charge in [0.15, 0.2) is 6.10 Å². The zero-order valence-electron chi connectivity index (χ0n) is 21.5. The summed E-state index contributed by atoms with van der Waals surface area (Å²) in [5.74, 6) is -2.22. The molecule has 0 spiro atoms. The van der Waals surface area contributed by atoms with Crippen molar-refractivity contribution in [1.82, 2.24) is 0 Å². The van der Waals surface area contributed by atoms with Crippen LogP contribution in [0.4, 0.5) is 0 Å². The number of carbonyl (C=O) groups is 4. The lowest BCUT2D eigenvalue weighted by Crippen LogP contribution is -2.31. The van der Waals surface area contributed by atoms with E-state index in [4.69, 9.17) is 28.4 Å². The van der Waals surface area contributed by atoms with E-state index in [-0.39, 0.29) is 68.0 Å². The van der Waals surface area contributed by atoms with E-state index in [2.05, 4.69) is 32.4 Å². The number of carbonyl (C=O) groups excluding carboxylic acids is 4. The number of rotatable bonds is 19. The van der Waals surface area contributed by atoms with E-state index < -0.39 is 36.1 Å². The van der Waals surface area contributed by atoms with Gasteiger partial charge in [0.25, 0.3) is 0 Å². The summed E-state index contributed by atoms with van der Waals surface area (Å²) >= 11 is 4.40. The maximum Gasteiger partial charge on any atom is 0.333 e. The van der Waals surface area contributed by atoms with E-state index in [1.807, 2.05) is 0 Å². The van der Waals surface area contributed by atoms with E-state index >= 15 is 0 Å². The van der Waals surface area contributed by atoms with Gasteiger partial charge >= 0.3 is 23.9 Å². The quantitative estimate of drug-likeness (QED) is 0.0876. The van der Waals surface area contributed by atoms with Crippen molar-refractivity contribution in [2.75, 3.05) is 39.6 Å². The average Bonchev–Trinajstić information content (AvgIpc) is 2.82. The number of hydrogen-bond donors (Lipinski definition) is 1. The number of thiol groups is 1. The van der Waals surface area contributed by atoms with Gasteiger partial charge in [-0.1, -0.05) is 26.7 Å². The summed E-state index contributed by atoms with van der Waals surface area (Å²) in [6.07, 6.45) is -0.989. The summed E-state index contributed by atoms with van der Waals surface area (Å²) in [5.41, 5.74) is 0.661. The second-order valence-electron chi connectivity index (χ2n) is 8.09. The maximum absolute atomic E-state index is 11.8. The zero-order valence-corrected chi connectivity index (χ0v) is 22.4. The maximum atomic E-state index is 11.8. The van der Waals surface area contributed by atoms with E-state index in [1.165, 1.54) is 20.8 Å². The highest BCUT2D eigenvalue weighted by atomic mass is 32.1. The van der Waals surface area contributed by atoms with Crippen LogP contribution in [-0.2, 0) is 47.6 Å². The van der Waals surface area contributed by atoms with Crippen LogP contribution in [0.1, 0.15) is 40.5 Å². The van der Waals surface area contributed by atoms with Crippen LogP contribution in [0.15, 0.2) is 36.5 Å². The predicted molar refractivity (Wildman–Crippen MR) is 135 cm³/mol. The molecular weight excluding hydrogens is 492 g/mol. The van der Waals surface area contributed by atoms with E-state index in [0.29, 0.717) is 6.42 Å². The van der Waals surface area contributed by atoms with Crippen LogP contribution in [0.5, 0.6) is 0 Å². The van der Waals surface area contributed by atoms with Crippen molar-refractivity contribution in [2.45, 2.75) is 58.0 Å². The molecule has 36 heavy (non-hydrogen) atoms. The summed E-state index contributed by atoms with van der Waals surface area (Å²) in [6.45, 7) is 17.0. The fourth-order valence-corrected chi connectivity index (χ4v) is 2.43. The highest BCUT2D eigenvalue weighted by molar-refractivity contribution is 7.81. The number of ether oxygens (including phenoxy) is 6. The molecule has 3 atom stereocenters. The van der Waals surface area contributed by atoms with E-state index in [0.717, 1.165) is 0 Å². The molecule has 0 rings (SSSR count). The highest BCUT2D eigenvalue weighted by Crippen LogP contribution is 2.07. The van der Waals surface area contributed by atoms with E-state index in [1.54, 1.807) is 6.92 Å². The molecule has 3 unspecified atom stereocenters. The lowest BCUT2D eigenvalue weighted by Gasteiger charge is -2.20. The van der Waals surface area contributed by atoms with Crippen LogP contribution in [0, 0.1) is 0 Å². The summed E-state index contributed by atoms with van der Waals surface area (Å²) in [4.78, 5) is 46.7. The first-order chi connectivity index (χ1) is 16.9. The van der Waals surface area contributed by atoms with Crippen LogP contribution >= 0.6 is 12.6 Å². The molecule has 0 aromatic heterocycles. The minimum Gasteiger partial charge on any atom is -0.459 e. The molecule has 0 aliphatic heterocycles. The van der Waals surface area contributed by atoms with Crippen LogP contribution in [-0.4, -0.2) is 81.0 Å². The lowest BCUT2D eigenvalue weighted by atomic mass is 10.2. The summed E-state index contributed by atoms with van der Waals surface area (Å²) in [6, 6.07) is 0. The van der Waals surface area contributed by atoms with Gasteiger partial charge in [0.1, 0.15) is 19.3 Å². The monoisotopic (exact) mass is 530 g/mol. The summed E-state index contributed by atoms with van der Waals surface area (Å²) in [5, 5.41) is -0.321. The first-order valence-corrected chi connectivity index (χ1v) is 11.9. The Morgan fingerprint density at radius 3 is 1.69 bits per heavy atom. The molecule has 0 N–H and O–H groups in total. The first kappa shape index (κ1) is 33.4. The van der Waals surface area contributed by atoms with Crippen molar-refractivity contribution in [2.24, 2.45) is 0 Å². The summed E-state index contributed by atoms with van der Waals surface area (Å²) in [7, 11) is 0. The van der Waals surface area contributed by atoms with Crippen LogP contribution < -0.4 is 0 Å². The molecule has 0 bridgehead atoms. The third-order valence-electron chi connectivity index (χ3n) is 4.21. The number of hydrogen-bond acceptors (Lipinski definition) is 11. The molecule has 0 radical (unpaired) electrons. The van der Waals surface area contributed by atoms with Gasteiger partial charge < -0.3 is 28.4 Å². The second kappa shape index (κ2) is 18.6. The van der Waals surface area contributed by atoms with Gasteiger partial charge in [-0.15, -0.1) is 0 Å². The van der Waals surface area contributed by atoms with Crippen LogP contribution in [0.3, 0.4) is 0 Å². The Labute approximate surface area is 218 Å². The SMILES string of the molecule is C=C(C)C(=O)OCC(CCOCC(S)COCC(COC(=O)C(=C)C)OC(=O)C(=C)C)OC(=O)CC. The first-order valence-electron chi connectivity index (χ1n) is 11.4. The predicted octanol–water partition coefficient (Wildman–Crippen LogP) is 2.76. The van der Waals surface area contributed by atoms with E-state index in [9.17, 15) is 19.2 Å². The van der Waals surface area contributed by atoms with Crippen molar-refractivity contribution in [3.63, 3.8) is 0 Å². The molecule has 0 amide bonds. The molecule has 204 valence electrons. The Kier molecular flexibility index (Phi) is 17.3. The topological polar surface area (TPSA) is 124 Å². The fraction of sp³-hybridized carbons (Fsp3) is 0.600. The van der Waals surface area contributed by atoms with Gasteiger partial charge in [-0.05, 0) is 20.8 Å². The fourth-order valence-electron chi connectivity index (χ4n) is 2.22. The summed E-state index contributed by atoms with van der Waals surface area (Å²) < 4.78 is 31.7.